The minimum atomic E-state index is 0.710. The van der Waals surface area contributed by atoms with Gasteiger partial charge in [-0.25, -0.2) is 0 Å². The SMILES string of the molecule is CC(C)CN(CCCN)Cc1ccccc1. The first kappa shape index (κ1) is 13.2. The van der Waals surface area contributed by atoms with E-state index in [0.29, 0.717) is 5.92 Å². The number of benzene rings is 1. The van der Waals surface area contributed by atoms with E-state index in [1.54, 1.807) is 0 Å². The number of nitrogens with two attached hydrogens (primary N) is 1. The van der Waals surface area contributed by atoms with Gasteiger partial charge < -0.3 is 5.73 Å². The first-order valence-electron chi connectivity index (χ1n) is 6.18. The Labute approximate surface area is 99.5 Å². The lowest BCUT2D eigenvalue weighted by molar-refractivity contribution is 0.234. The van der Waals surface area contributed by atoms with Crippen LogP contribution in [0, 0.1) is 5.92 Å². The molecule has 0 saturated carbocycles. The van der Waals surface area contributed by atoms with Gasteiger partial charge in [-0.3, -0.25) is 4.90 Å². The minimum Gasteiger partial charge on any atom is -0.330 e. The summed E-state index contributed by atoms with van der Waals surface area (Å²) in [4.78, 5) is 2.49. The summed E-state index contributed by atoms with van der Waals surface area (Å²) < 4.78 is 0. The van der Waals surface area contributed by atoms with Crippen molar-refractivity contribution in [1.29, 1.82) is 0 Å². The Bertz CT molecular complexity index is 269. The van der Waals surface area contributed by atoms with Gasteiger partial charge in [-0.2, -0.15) is 0 Å². The molecule has 0 aromatic heterocycles. The summed E-state index contributed by atoms with van der Waals surface area (Å²) in [6.07, 6.45) is 1.08. The highest BCUT2D eigenvalue weighted by molar-refractivity contribution is 5.14. The van der Waals surface area contributed by atoms with E-state index in [9.17, 15) is 0 Å². The third-order valence-electron chi connectivity index (χ3n) is 2.55. The predicted octanol–water partition coefficient (Wildman–Crippen LogP) is 2.49. The summed E-state index contributed by atoms with van der Waals surface area (Å²) in [6.45, 7) is 8.60. The van der Waals surface area contributed by atoms with Crippen LogP contribution in [0.1, 0.15) is 25.8 Å². The molecule has 90 valence electrons. The van der Waals surface area contributed by atoms with Gasteiger partial charge >= 0.3 is 0 Å². The molecule has 2 N–H and O–H groups in total. The average Bonchev–Trinajstić information content (AvgIpc) is 2.26. The highest BCUT2D eigenvalue weighted by atomic mass is 15.1. The number of hydrogen-bond acceptors (Lipinski definition) is 2. The van der Waals surface area contributed by atoms with Crippen molar-refractivity contribution in [2.24, 2.45) is 11.7 Å². The quantitative estimate of drug-likeness (QED) is 0.765. The van der Waals surface area contributed by atoms with E-state index in [2.05, 4.69) is 49.1 Å². The van der Waals surface area contributed by atoms with Gasteiger partial charge in [-0.05, 0) is 31.0 Å². The molecule has 0 radical (unpaired) electrons. The molecular weight excluding hydrogens is 196 g/mol. The molecule has 2 nitrogen and oxygen atoms in total. The molecule has 0 fully saturated rings. The van der Waals surface area contributed by atoms with Crippen molar-refractivity contribution >= 4 is 0 Å². The van der Waals surface area contributed by atoms with Gasteiger partial charge in [0.25, 0.3) is 0 Å². The lowest BCUT2D eigenvalue weighted by Crippen LogP contribution is -2.29. The van der Waals surface area contributed by atoms with E-state index in [1.807, 2.05) is 0 Å². The molecule has 1 aromatic rings. The molecule has 0 saturated heterocycles. The van der Waals surface area contributed by atoms with Crippen LogP contribution in [0.3, 0.4) is 0 Å². The van der Waals surface area contributed by atoms with Crippen molar-refractivity contribution < 1.29 is 0 Å². The predicted molar refractivity (Wildman–Crippen MR) is 70.2 cm³/mol. The number of rotatable bonds is 7. The molecule has 1 rings (SSSR count). The van der Waals surface area contributed by atoms with Crippen LogP contribution >= 0.6 is 0 Å². The third-order valence-corrected chi connectivity index (χ3v) is 2.55. The maximum atomic E-state index is 5.57. The van der Waals surface area contributed by atoms with E-state index in [1.165, 1.54) is 5.56 Å². The van der Waals surface area contributed by atoms with E-state index in [4.69, 9.17) is 5.73 Å². The van der Waals surface area contributed by atoms with E-state index >= 15 is 0 Å². The van der Waals surface area contributed by atoms with Crippen molar-refractivity contribution in [2.45, 2.75) is 26.8 Å². The van der Waals surface area contributed by atoms with Crippen LogP contribution in [0.4, 0.5) is 0 Å². The Balaban J connectivity index is 2.49. The maximum Gasteiger partial charge on any atom is 0.0233 e. The first-order chi connectivity index (χ1) is 7.72. The van der Waals surface area contributed by atoms with Crippen molar-refractivity contribution in [3.8, 4) is 0 Å². The zero-order valence-electron chi connectivity index (χ0n) is 10.5. The van der Waals surface area contributed by atoms with Gasteiger partial charge in [0, 0.05) is 13.1 Å². The van der Waals surface area contributed by atoms with Crippen LogP contribution in [0.15, 0.2) is 30.3 Å². The lowest BCUT2D eigenvalue weighted by atomic mass is 10.1. The number of nitrogens with zero attached hydrogens (tertiary/aromatic N) is 1. The highest BCUT2D eigenvalue weighted by Gasteiger charge is 2.07. The summed E-state index contributed by atoms with van der Waals surface area (Å²) >= 11 is 0. The number of hydrogen-bond donors (Lipinski definition) is 1. The summed E-state index contributed by atoms with van der Waals surface area (Å²) in [5.74, 6) is 0.710. The largest absolute Gasteiger partial charge is 0.330 e. The molecule has 0 bridgehead atoms. The molecule has 2 heteroatoms. The van der Waals surface area contributed by atoms with Crippen LogP contribution in [-0.2, 0) is 6.54 Å². The van der Waals surface area contributed by atoms with Crippen LogP contribution in [-0.4, -0.2) is 24.5 Å². The van der Waals surface area contributed by atoms with Gasteiger partial charge in [-0.1, -0.05) is 44.2 Å². The minimum absolute atomic E-state index is 0.710. The molecule has 0 aliphatic carbocycles. The average molecular weight is 220 g/mol. The summed E-state index contributed by atoms with van der Waals surface area (Å²) in [6, 6.07) is 10.7. The van der Waals surface area contributed by atoms with Crippen LogP contribution in [0.25, 0.3) is 0 Å². The molecule has 0 unspecified atom stereocenters. The first-order valence-corrected chi connectivity index (χ1v) is 6.18. The summed E-state index contributed by atoms with van der Waals surface area (Å²) in [5.41, 5.74) is 6.96. The van der Waals surface area contributed by atoms with Crippen molar-refractivity contribution in [3.63, 3.8) is 0 Å². The van der Waals surface area contributed by atoms with Crippen LogP contribution < -0.4 is 5.73 Å². The second-order valence-corrected chi connectivity index (χ2v) is 4.76. The standard InChI is InChI=1S/C14H24N2/c1-13(2)11-16(10-6-9-15)12-14-7-4-3-5-8-14/h3-5,7-8,13H,6,9-12,15H2,1-2H3. The van der Waals surface area contributed by atoms with Crippen LogP contribution in [0.5, 0.6) is 0 Å². The fraction of sp³-hybridized carbons (Fsp3) is 0.571. The second kappa shape index (κ2) is 7.42. The normalized spacial score (nSPS) is 11.3. The van der Waals surface area contributed by atoms with Gasteiger partial charge in [0.15, 0.2) is 0 Å². The molecular formula is C14H24N2. The van der Waals surface area contributed by atoms with Gasteiger partial charge in [-0.15, -0.1) is 0 Å². The Morgan fingerprint density at radius 3 is 2.44 bits per heavy atom. The molecule has 1 aromatic carbocycles. The Morgan fingerprint density at radius 1 is 1.19 bits per heavy atom. The van der Waals surface area contributed by atoms with Crippen molar-refractivity contribution in [1.82, 2.24) is 4.90 Å². The molecule has 0 aliphatic heterocycles. The van der Waals surface area contributed by atoms with Gasteiger partial charge in [0.05, 0.1) is 0 Å². The fourth-order valence-corrected chi connectivity index (χ4v) is 1.91. The van der Waals surface area contributed by atoms with E-state index in [-0.39, 0.29) is 0 Å². The summed E-state index contributed by atoms with van der Waals surface area (Å²) in [5, 5.41) is 0. The maximum absolute atomic E-state index is 5.57. The molecule has 0 spiro atoms. The fourth-order valence-electron chi connectivity index (χ4n) is 1.91. The molecule has 0 heterocycles. The Morgan fingerprint density at radius 2 is 1.88 bits per heavy atom. The zero-order chi connectivity index (χ0) is 11.8. The van der Waals surface area contributed by atoms with Crippen molar-refractivity contribution in [2.75, 3.05) is 19.6 Å². The molecule has 0 amide bonds. The molecule has 0 atom stereocenters. The molecule has 16 heavy (non-hydrogen) atoms. The monoisotopic (exact) mass is 220 g/mol. The second-order valence-electron chi connectivity index (χ2n) is 4.76. The van der Waals surface area contributed by atoms with Gasteiger partial charge in [0.2, 0.25) is 0 Å². The zero-order valence-corrected chi connectivity index (χ0v) is 10.5. The summed E-state index contributed by atoms with van der Waals surface area (Å²) in [7, 11) is 0. The van der Waals surface area contributed by atoms with E-state index < -0.39 is 0 Å². The molecule has 0 aliphatic rings. The Kier molecular flexibility index (Phi) is 6.12. The Hall–Kier alpha value is -0.860. The smallest absolute Gasteiger partial charge is 0.0233 e. The lowest BCUT2D eigenvalue weighted by Gasteiger charge is -2.24. The van der Waals surface area contributed by atoms with Crippen LogP contribution in [0.2, 0.25) is 0 Å². The van der Waals surface area contributed by atoms with Gasteiger partial charge in [0.1, 0.15) is 0 Å². The third kappa shape index (κ3) is 5.29. The topological polar surface area (TPSA) is 29.3 Å². The van der Waals surface area contributed by atoms with Crippen molar-refractivity contribution in [3.05, 3.63) is 35.9 Å². The highest BCUT2D eigenvalue weighted by Crippen LogP contribution is 2.07. The van der Waals surface area contributed by atoms with E-state index in [0.717, 1.165) is 32.6 Å².